The summed E-state index contributed by atoms with van der Waals surface area (Å²) in [5.41, 5.74) is 0.122. The number of carbonyl (C=O) groups is 3. The Morgan fingerprint density at radius 3 is 2.52 bits per heavy atom. The van der Waals surface area contributed by atoms with Crippen LogP contribution < -0.4 is 14.8 Å². The van der Waals surface area contributed by atoms with Crippen molar-refractivity contribution >= 4 is 29.4 Å². The Labute approximate surface area is 163 Å². The fourth-order valence-corrected chi connectivity index (χ4v) is 2.33. The van der Waals surface area contributed by atoms with Gasteiger partial charge in [-0.1, -0.05) is 18.5 Å². The van der Waals surface area contributed by atoms with Crippen molar-refractivity contribution in [3.63, 3.8) is 0 Å². The summed E-state index contributed by atoms with van der Waals surface area (Å²) in [7, 11) is 2.88. The molecule has 1 aromatic rings. The number of methoxy groups -OCH3 is 1. The molecule has 1 N–H and O–H groups in total. The molecule has 0 aliphatic heterocycles. The number of carbonyl (C=O) groups excluding carboxylic acids is 3. The first-order valence-electron chi connectivity index (χ1n) is 8.52. The number of benzene rings is 1. The van der Waals surface area contributed by atoms with Crippen LogP contribution in [0, 0.1) is 0 Å². The number of nitrogens with zero attached hydrogens (tertiary/aromatic N) is 1. The number of likely N-dealkylation sites (N-methyl/N-ethyl adjacent to an activating group) is 1. The third kappa shape index (κ3) is 6.97. The zero-order valence-corrected chi connectivity index (χ0v) is 16.7. The van der Waals surface area contributed by atoms with Gasteiger partial charge in [-0.3, -0.25) is 9.59 Å². The SMILES string of the molecule is CCCNC(=O)CN(C)C(=O)COC(=O)c1cc(Cl)c(OCC)c(OC)c1. The zero-order valence-electron chi connectivity index (χ0n) is 16.0. The third-order valence-corrected chi connectivity index (χ3v) is 3.74. The normalized spacial score (nSPS) is 10.1. The molecule has 0 aliphatic rings. The second kappa shape index (κ2) is 11.3. The molecule has 0 bridgehead atoms. The lowest BCUT2D eigenvalue weighted by molar-refractivity contribution is -0.137. The zero-order chi connectivity index (χ0) is 20.4. The molecule has 0 fully saturated rings. The molecule has 1 rings (SSSR count). The third-order valence-electron chi connectivity index (χ3n) is 3.46. The number of esters is 1. The Kier molecular flexibility index (Phi) is 9.42. The Hall–Kier alpha value is -2.48. The van der Waals surface area contributed by atoms with E-state index < -0.39 is 18.5 Å². The summed E-state index contributed by atoms with van der Waals surface area (Å²) in [5.74, 6) is -0.907. The Bertz CT molecular complexity index is 680. The Balaban J connectivity index is 2.67. The highest BCUT2D eigenvalue weighted by molar-refractivity contribution is 6.32. The largest absolute Gasteiger partial charge is 0.493 e. The molecular formula is C18H25ClN2O6. The van der Waals surface area contributed by atoms with Gasteiger partial charge in [0.2, 0.25) is 5.91 Å². The van der Waals surface area contributed by atoms with Crippen LogP contribution in [0.2, 0.25) is 5.02 Å². The highest BCUT2D eigenvalue weighted by Crippen LogP contribution is 2.36. The summed E-state index contributed by atoms with van der Waals surface area (Å²) < 4.78 is 15.6. The smallest absolute Gasteiger partial charge is 0.338 e. The van der Waals surface area contributed by atoms with E-state index in [-0.39, 0.29) is 28.8 Å². The minimum atomic E-state index is -0.740. The minimum absolute atomic E-state index is 0.112. The lowest BCUT2D eigenvalue weighted by Gasteiger charge is -2.17. The number of halogens is 1. The summed E-state index contributed by atoms with van der Waals surface area (Å²) in [5, 5.41) is 2.86. The molecule has 8 nitrogen and oxygen atoms in total. The van der Waals surface area contributed by atoms with Crippen molar-refractivity contribution in [3.8, 4) is 11.5 Å². The molecule has 0 saturated heterocycles. The van der Waals surface area contributed by atoms with Crippen LogP contribution in [0.3, 0.4) is 0 Å². The lowest BCUT2D eigenvalue weighted by atomic mass is 10.2. The standard InChI is InChI=1S/C18H25ClN2O6/c1-5-7-20-15(22)10-21(3)16(23)11-27-18(24)12-8-13(19)17(26-6-2)14(9-12)25-4/h8-9H,5-7,10-11H2,1-4H3,(H,20,22). The van der Waals surface area contributed by atoms with Gasteiger partial charge in [0.25, 0.3) is 5.91 Å². The Morgan fingerprint density at radius 1 is 1.22 bits per heavy atom. The fraction of sp³-hybridized carbons (Fsp3) is 0.500. The maximum atomic E-state index is 12.2. The van der Waals surface area contributed by atoms with Gasteiger partial charge in [-0.25, -0.2) is 4.79 Å². The first-order chi connectivity index (χ1) is 12.8. The monoisotopic (exact) mass is 400 g/mol. The van der Waals surface area contributed by atoms with Gasteiger partial charge >= 0.3 is 5.97 Å². The molecule has 0 radical (unpaired) electrons. The van der Waals surface area contributed by atoms with Crippen LogP contribution in [-0.4, -0.2) is 63.1 Å². The number of hydrogen-bond acceptors (Lipinski definition) is 6. The van der Waals surface area contributed by atoms with E-state index >= 15 is 0 Å². The van der Waals surface area contributed by atoms with Crippen molar-refractivity contribution in [3.05, 3.63) is 22.7 Å². The predicted molar refractivity (Wildman–Crippen MR) is 100 cm³/mol. The molecule has 9 heteroatoms. The van der Waals surface area contributed by atoms with Crippen LogP contribution in [0.15, 0.2) is 12.1 Å². The molecule has 0 unspecified atom stereocenters. The average molecular weight is 401 g/mol. The number of ether oxygens (including phenoxy) is 3. The summed E-state index contributed by atoms with van der Waals surface area (Å²) in [6, 6.07) is 2.80. The summed E-state index contributed by atoms with van der Waals surface area (Å²) >= 11 is 6.12. The molecule has 0 heterocycles. The molecule has 0 aromatic heterocycles. The van der Waals surface area contributed by atoms with Gasteiger partial charge < -0.3 is 24.4 Å². The number of hydrogen-bond donors (Lipinski definition) is 1. The first-order valence-corrected chi connectivity index (χ1v) is 8.89. The topological polar surface area (TPSA) is 94.2 Å². The van der Waals surface area contributed by atoms with Crippen LogP contribution in [0.5, 0.6) is 11.5 Å². The molecule has 150 valence electrons. The maximum absolute atomic E-state index is 12.2. The van der Waals surface area contributed by atoms with Crippen molar-refractivity contribution in [1.82, 2.24) is 10.2 Å². The minimum Gasteiger partial charge on any atom is -0.493 e. The van der Waals surface area contributed by atoms with Crippen molar-refractivity contribution in [2.75, 3.05) is 40.5 Å². The molecule has 0 aliphatic carbocycles. The fourth-order valence-electron chi connectivity index (χ4n) is 2.07. The molecule has 27 heavy (non-hydrogen) atoms. The Morgan fingerprint density at radius 2 is 1.93 bits per heavy atom. The van der Waals surface area contributed by atoms with Gasteiger partial charge in [-0.15, -0.1) is 0 Å². The quantitative estimate of drug-likeness (QED) is 0.603. The van der Waals surface area contributed by atoms with Crippen LogP contribution in [0.25, 0.3) is 0 Å². The van der Waals surface area contributed by atoms with E-state index in [4.69, 9.17) is 25.8 Å². The van der Waals surface area contributed by atoms with Crippen LogP contribution >= 0.6 is 11.6 Å². The predicted octanol–water partition coefficient (Wildman–Crippen LogP) is 1.89. The molecule has 1 aromatic carbocycles. The van der Waals surface area contributed by atoms with Gasteiger partial charge in [0.15, 0.2) is 18.1 Å². The summed E-state index contributed by atoms with van der Waals surface area (Å²) in [4.78, 5) is 37.0. The molecule has 0 saturated carbocycles. The van der Waals surface area contributed by atoms with Gasteiger partial charge in [0, 0.05) is 13.6 Å². The molecular weight excluding hydrogens is 376 g/mol. The second-order valence-electron chi connectivity index (χ2n) is 5.60. The first kappa shape index (κ1) is 22.6. The van der Waals surface area contributed by atoms with Crippen molar-refractivity contribution in [2.45, 2.75) is 20.3 Å². The van der Waals surface area contributed by atoms with Crippen molar-refractivity contribution < 1.29 is 28.6 Å². The van der Waals surface area contributed by atoms with E-state index in [9.17, 15) is 14.4 Å². The highest BCUT2D eigenvalue weighted by Gasteiger charge is 2.19. The number of amides is 2. The summed E-state index contributed by atoms with van der Waals surface area (Å²) in [6.45, 7) is 4.03. The second-order valence-corrected chi connectivity index (χ2v) is 6.01. The van der Waals surface area contributed by atoms with E-state index in [0.29, 0.717) is 18.9 Å². The van der Waals surface area contributed by atoms with E-state index in [1.54, 1.807) is 6.92 Å². The number of rotatable bonds is 10. The molecule has 0 spiro atoms. The average Bonchev–Trinajstić information content (AvgIpc) is 2.65. The van der Waals surface area contributed by atoms with E-state index in [1.165, 1.54) is 31.2 Å². The van der Waals surface area contributed by atoms with Crippen LogP contribution in [0.4, 0.5) is 0 Å². The van der Waals surface area contributed by atoms with Crippen molar-refractivity contribution in [2.24, 2.45) is 0 Å². The summed E-state index contributed by atoms with van der Waals surface area (Å²) in [6.07, 6.45) is 0.801. The van der Waals surface area contributed by atoms with Crippen LogP contribution in [0.1, 0.15) is 30.6 Å². The number of nitrogens with one attached hydrogen (secondary N) is 1. The van der Waals surface area contributed by atoms with Gasteiger partial charge in [0.1, 0.15) is 0 Å². The van der Waals surface area contributed by atoms with Gasteiger partial charge in [-0.05, 0) is 25.5 Å². The van der Waals surface area contributed by atoms with Crippen molar-refractivity contribution in [1.29, 1.82) is 0 Å². The van der Waals surface area contributed by atoms with E-state index in [1.807, 2.05) is 6.92 Å². The van der Waals surface area contributed by atoms with Crippen LogP contribution in [-0.2, 0) is 14.3 Å². The maximum Gasteiger partial charge on any atom is 0.338 e. The van der Waals surface area contributed by atoms with E-state index in [2.05, 4.69) is 5.32 Å². The lowest BCUT2D eigenvalue weighted by Crippen LogP contribution is -2.40. The van der Waals surface area contributed by atoms with Gasteiger partial charge in [0.05, 0.1) is 30.8 Å². The highest BCUT2D eigenvalue weighted by atomic mass is 35.5. The molecule has 0 atom stereocenters. The molecule has 2 amide bonds. The van der Waals surface area contributed by atoms with E-state index in [0.717, 1.165) is 6.42 Å². The van der Waals surface area contributed by atoms with Gasteiger partial charge in [-0.2, -0.15) is 0 Å².